The van der Waals surface area contributed by atoms with Gasteiger partial charge in [-0.1, -0.05) is 61.5 Å². The second kappa shape index (κ2) is 6.66. The van der Waals surface area contributed by atoms with Crippen LogP contribution in [0.1, 0.15) is 28.7 Å². The molecule has 0 atom stereocenters. The molecule has 0 amide bonds. The molecule has 0 bridgehead atoms. The summed E-state index contributed by atoms with van der Waals surface area (Å²) < 4.78 is 1.61. The summed E-state index contributed by atoms with van der Waals surface area (Å²) in [5.41, 5.74) is 4.71. The summed E-state index contributed by atoms with van der Waals surface area (Å²) in [5.74, 6) is -1.03. The standard InChI is InChI=1S/C21H18N2O2/c1-3-18-17(13-22)19(20(21(24)25)23(18)2)16-11-9-15(10-12-16)14-7-5-4-6-8-14/h4-12H,3H2,1-2H3,(H,24,25). The van der Waals surface area contributed by atoms with Gasteiger partial charge in [0, 0.05) is 18.3 Å². The molecule has 0 aliphatic rings. The van der Waals surface area contributed by atoms with E-state index in [4.69, 9.17) is 0 Å². The molecule has 3 rings (SSSR count). The molecular formula is C21H18N2O2. The number of nitrogens with zero attached hydrogens (tertiary/aromatic N) is 2. The first kappa shape index (κ1) is 16.5. The van der Waals surface area contributed by atoms with Gasteiger partial charge in [-0.05, 0) is 23.1 Å². The van der Waals surface area contributed by atoms with E-state index in [2.05, 4.69) is 6.07 Å². The average Bonchev–Trinajstić information content (AvgIpc) is 2.94. The molecule has 1 aromatic heterocycles. The molecular weight excluding hydrogens is 312 g/mol. The Hall–Kier alpha value is -3.32. The summed E-state index contributed by atoms with van der Waals surface area (Å²) in [6, 6.07) is 19.8. The Balaban J connectivity index is 2.17. The van der Waals surface area contributed by atoms with Crippen LogP contribution in [0.4, 0.5) is 0 Å². The maximum atomic E-state index is 11.8. The van der Waals surface area contributed by atoms with Crippen LogP contribution in [0.3, 0.4) is 0 Å². The van der Waals surface area contributed by atoms with Gasteiger partial charge in [-0.15, -0.1) is 0 Å². The van der Waals surface area contributed by atoms with E-state index in [0.29, 0.717) is 17.5 Å². The molecule has 0 fully saturated rings. The summed E-state index contributed by atoms with van der Waals surface area (Å²) in [6.45, 7) is 1.92. The van der Waals surface area contributed by atoms with Gasteiger partial charge in [0.2, 0.25) is 0 Å². The number of carbonyl (C=O) groups is 1. The SMILES string of the molecule is CCc1c(C#N)c(-c2ccc(-c3ccccc3)cc2)c(C(=O)O)n1C. The minimum absolute atomic E-state index is 0.154. The lowest BCUT2D eigenvalue weighted by Crippen LogP contribution is -2.07. The molecule has 0 aliphatic carbocycles. The quantitative estimate of drug-likeness (QED) is 0.766. The third-order valence-corrected chi connectivity index (χ3v) is 4.45. The summed E-state index contributed by atoms with van der Waals surface area (Å²) in [5, 5.41) is 19.2. The maximum Gasteiger partial charge on any atom is 0.353 e. The zero-order valence-electron chi connectivity index (χ0n) is 14.2. The number of benzene rings is 2. The number of nitriles is 1. The van der Waals surface area contributed by atoms with Crippen LogP contribution in [0.25, 0.3) is 22.3 Å². The van der Waals surface area contributed by atoms with Crippen molar-refractivity contribution in [3.63, 3.8) is 0 Å². The monoisotopic (exact) mass is 330 g/mol. The fourth-order valence-corrected chi connectivity index (χ4v) is 3.26. The van der Waals surface area contributed by atoms with E-state index in [9.17, 15) is 15.2 Å². The molecule has 0 saturated carbocycles. The van der Waals surface area contributed by atoms with Crippen LogP contribution < -0.4 is 0 Å². The summed E-state index contributed by atoms with van der Waals surface area (Å²) in [7, 11) is 1.70. The van der Waals surface area contributed by atoms with Gasteiger partial charge in [0.1, 0.15) is 11.8 Å². The minimum atomic E-state index is -1.03. The first-order chi connectivity index (χ1) is 12.1. The molecule has 3 aromatic rings. The summed E-state index contributed by atoms with van der Waals surface area (Å²) >= 11 is 0. The van der Waals surface area contributed by atoms with E-state index in [-0.39, 0.29) is 5.69 Å². The Morgan fingerprint density at radius 2 is 1.60 bits per heavy atom. The fraction of sp³-hybridized carbons (Fsp3) is 0.143. The molecule has 124 valence electrons. The van der Waals surface area contributed by atoms with Crippen LogP contribution in [-0.2, 0) is 13.5 Å². The largest absolute Gasteiger partial charge is 0.477 e. The highest BCUT2D eigenvalue weighted by molar-refractivity contribution is 5.97. The van der Waals surface area contributed by atoms with Gasteiger partial charge in [0.25, 0.3) is 0 Å². The van der Waals surface area contributed by atoms with Crippen LogP contribution >= 0.6 is 0 Å². The minimum Gasteiger partial charge on any atom is -0.477 e. The van der Waals surface area contributed by atoms with Crippen molar-refractivity contribution in [2.75, 3.05) is 0 Å². The Bertz CT molecular complexity index is 962. The molecule has 1 N–H and O–H groups in total. The summed E-state index contributed by atoms with van der Waals surface area (Å²) in [4.78, 5) is 11.8. The predicted octanol–water partition coefficient (Wildman–Crippen LogP) is 4.49. The molecule has 0 spiro atoms. The van der Waals surface area contributed by atoms with Crippen molar-refractivity contribution in [3.05, 3.63) is 71.5 Å². The Morgan fingerprint density at radius 3 is 2.12 bits per heavy atom. The number of rotatable bonds is 4. The highest BCUT2D eigenvalue weighted by Crippen LogP contribution is 2.33. The first-order valence-corrected chi connectivity index (χ1v) is 8.09. The molecule has 1 heterocycles. The molecule has 0 radical (unpaired) electrons. The number of carboxylic acids is 1. The lowest BCUT2D eigenvalue weighted by atomic mass is 9.97. The van der Waals surface area contributed by atoms with Crippen LogP contribution in [0, 0.1) is 11.3 Å². The van der Waals surface area contributed by atoms with E-state index in [1.165, 1.54) is 0 Å². The van der Waals surface area contributed by atoms with Crippen molar-refractivity contribution in [1.82, 2.24) is 4.57 Å². The second-order valence-electron chi connectivity index (χ2n) is 5.82. The Morgan fingerprint density at radius 1 is 1.04 bits per heavy atom. The normalized spacial score (nSPS) is 10.4. The van der Waals surface area contributed by atoms with Crippen molar-refractivity contribution >= 4 is 5.97 Å². The van der Waals surface area contributed by atoms with E-state index >= 15 is 0 Å². The Labute approximate surface area is 146 Å². The third-order valence-electron chi connectivity index (χ3n) is 4.45. The highest BCUT2D eigenvalue weighted by atomic mass is 16.4. The molecule has 0 unspecified atom stereocenters. The molecule has 4 nitrogen and oxygen atoms in total. The van der Waals surface area contributed by atoms with E-state index in [1.54, 1.807) is 11.6 Å². The van der Waals surface area contributed by atoms with E-state index < -0.39 is 5.97 Å². The van der Waals surface area contributed by atoms with Crippen molar-refractivity contribution < 1.29 is 9.90 Å². The number of hydrogen-bond acceptors (Lipinski definition) is 2. The number of aromatic carboxylic acids is 1. The third kappa shape index (κ3) is 2.81. The van der Waals surface area contributed by atoms with Gasteiger partial charge in [0.15, 0.2) is 0 Å². The van der Waals surface area contributed by atoms with Crippen LogP contribution in [0.2, 0.25) is 0 Å². The maximum absolute atomic E-state index is 11.8. The van der Waals surface area contributed by atoms with Gasteiger partial charge in [-0.2, -0.15) is 5.26 Å². The van der Waals surface area contributed by atoms with Crippen molar-refractivity contribution in [2.45, 2.75) is 13.3 Å². The van der Waals surface area contributed by atoms with E-state index in [1.807, 2.05) is 61.5 Å². The number of carboxylic acid groups (broad SMARTS) is 1. The topological polar surface area (TPSA) is 66.0 Å². The van der Waals surface area contributed by atoms with Crippen LogP contribution in [0.15, 0.2) is 54.6 Å². The number of aromatic nitrogens is 1. The summed E-state index contributed by atoms with van der Waals surface area (Å²) in [6.07, 6.45) is 0.599. The smallest absolute Gasteiger partial charge is 0.353 e. The highest BCUT2D eigenvalue weighted by Gasteiger charge is 2.25. The molecule has 25 heavy (non-hydrogen) atoms. The zero-order chi connectivity index (χ0) is 18.0. The molecule has 0 aliphatic heterocycles. The van der Waals surface area contributed by atoms with Gasteiger partial charge in [0.05, 0.1) is 5.56 Å². The Kier molecular flexibility index (Phi) is 4.40. The molecule has 4 heteroatoms. The van der Waals surface area contributed by atoms with Gasteiger partial charge < -0.3 is 9.67 Å². The average molecular weight is 330 g/mol. The van der Waals surface area contributed by atoms with Crippen LogP contribution in [-0.4, -0.2) is 15.6 Å². The van der Waals surface area contributed by atoms with Crippen molar-refractivity contribution in [2.24, 2.45) is 7.05 Å². The zero-order valence-corrected chi connectivity index (χ0v) is 14.2. The van der Waals surface area contributed by atoms with Gasteiger partial charge in [-0.25, -0.2) is 4.79 Å². The number of hydrogen-bond donors (Lipinski definition) is 1. The first-order valence-electron chi connectivity index (χ1n) is 8.09. The predicted molar refractivity (Wildman–Crippen MR) is 97.3 cm³/mol. The van der Waals surface area contributed by atoms with Crippen molar-refractivity contribution in [3.8, 4) is 28.3 Å². The van der Waals surface area contributed by atoms with Gasteiger partial charge in [-0.3, -0.25) is 0 Å². The van der Waals surface area contributed by atoms with Gasteiger partial charge >= 0.3 is 5.97 Å². The molecule has 2 aromatic carbocycles. The van der Waals surface area contributed by atoms with Crippen molar-refractivity contribution in [1.29, 1.82) is 5.26 Å². The van der Waals surface area contributed by atoms with Crippen LogP contribution in [0.5, 0.6) is 0 Å². The lowest BCUT2D eigenvalue weighted by molar-refractivity contribution is 0.0687. The molecule has 0 saturated heterocycles. The lowest BCUT2D eigenvalue weighted by Gasteiger charge is -2.06. The van der Waals surface area contributed by atoms with E-state index in [0.717, 1.165) is 22.4 Å². The second-order valence-corrected chi connectivity index (χ2v) is 5.82. The fourth-order valence-electron chi connectivity index (χ4n) is 3.26.